The summed E-state index contributed by atoms with van der Waals surface area (Å²) in [6.45, 7) is 0.135. The number of carbonyl (C=O) groups is 1. The smallest absolute Gasteiger partial charge is 0.416 e. The molecule has 2 aromatic rings. The summed E-state index contributed by atoms with van der Waals surface area (Å²) in [6.07, 6.45) is -4.42. The van der Waals surface area contributed by atoms with Gasteiger partial charge in [0.15, 0.2) is 0 Å². The van der Waals surface area contributed by atoms with Crippen molar-refractivity contribution >= 4 is 5.97 Å². The molecule has 0 bridgehead atoms. The molecule has 0 unspecified atom stereocenters. The molecular formula is C16H13F3O3. The Balaban J connectivity index is 1.94. The van der Waals surface area contributed by atoms with Crippen molar-refractivity contribution in [3.8, 4) is 5.75 Å². The van der Waals surface area contributed by atoms with Crippen LogP contribution in [0.1, 0.15) is 16.7 Å². The molecule has 3 nitrogen and oxygen atoms in total. The van der Waals surface area contributed by atoms with Crippen LogP contribution >= 0.6 is 0 Å². The topological polar surface area (TPSA) is 46.5 Å². The quantitative estimate of drug-likeness (QED) is 0.910. The maximum Gasteiger partial charge on any atom is 0.416 e. The average Bonchev–Trinajstić information content (AvgIpc) is 2.45. The van der Waals surface area contributed by atoms with Crippen LogP contribution in [0.2, 0.25) is 0 Å². The summed E-state index contributed by atoms with van der Waals surface area (Å²) in [6, 6.07) is 11.3. The van der Waals surface area contributed by atoms with Crippen molar-refractivity contribution in [2.24, 2.45) is 0 Å². The van der Waals surface area contributed by atoms with E-state index < -0.39 is 17.7 Å². The number of rotatable bonds is 5. The van der Waals surface area contributed by atoms with E-state index in [1.165, 1.54) is 12.1 Å². The van der Waals surface area contributed by atoms with Gasteiger partial charge in [-0.1, -0.05) is 24.3 Å². The van der Waals surface area contributed by atoms with E-state index in [0.29, 0.717) is 16.9 Å². The van der Waals surface area contributed by atoms with E-state index in [-0.39, 0.29) is 13.0 Å². The Hall–Kier alpha value is -2.50. The zero-order valence-corrected chi connectivity index (χ0v) is 11.4. The summed E-state index contributed by atoms with van der Waals surface area (Å²) in [4.78, 5) is 10.6. The van der Waals surface area contributed by atoms with Gasteiger partial charge in [0, 0.05) is 0 Å². The lowest BCUT2D eigenvalue weighted by atomic mass is 10.1. The molecule has 0 radical (unpaired) electrons. The Kier molecular flexibility index (Phi) is 4.70. The molecule has 0 heterocycles. The highest BCUT2D eigenvalue weighted by Crippen LogP contribution is 2.29. The normalized spacial score (nSPS) is 11.2. The van der Waals surface area contributed by atoms with Gasteiger partial charge < -0.3 is 9.84 Å². The van der Waals surface area contributed by atoms with Gasteiger partial charge in [-0.25, -0.2) is 0 Å². The average molecular weight is 310 g/mol. The summed E-state index contributed by atoms with van der Waals surface area (Å²) in [5.41, 5.74) is 0.561. The number of hydrogen-bond acceptors (Lipinski definition) is 2. The molecule has 0 aliphatic carbocycles. The number of aliphatic carboxylic acids is 1. The van der Waals surface area contributed by atoms with Crippen LogP contribution in [0.15, 0.2) is 48.5 Å². The standard InChI is InChI=1S/C16H13F3O3/c17-16(18,19)13-5-1-12(2-6-13)10-22-14-7-3-11(4-8-14)9-15(20)21/h1-8H,9-10H2,(H,20,21). The maximum absolute atomic E-state index is 12.4. The van der Waals surface area contributed by atoms with Crippen LogP contribution in [0, 0.1) is 0 Å². The van der Waals surface area contributed by atoms with E-state index in [1.807, 2.05) is 0 Å². The highest BCUT2D eigenvalue weighted by molar-refractivity contribution is 5.70. The second kappa shape index (κ2) is 6.51. The first-order valence-electron chi connectivity index (χ1n) is 6.44. The molecule has 0 amide bonds. The van der Waals surface area contributed by atoms with Crippen molar-refractivity contribution in [1.82, 2.24) is 0 Å². The molecule has 116 valence electrons. The first-order chi connectivity index (χ1) is 10.3. The molecule has 2 rings (SSSR count). The Bertz CT molecular complexity index is 631. The largest absolute Gasteiger partial charge is 0.489 e. The van der Waals surface area contributed by atoms with E-state index in [0.717, 1.165) is 12.1 Å². The van der Waals surface area contributed by atoms with Crippen LogP contribution in [0.5, 0.6) is 5.75 Å². The Morgan fingerprint density at radius 2 is 1.50 bits per heavy atom. The third-order valence-corrected chi connectivity index (χ3v) is 2.97. The minimum absolute atomic E-state index is 0.0703. The van der Waals surface area contributed by atoms with Gasteiger partial charge >= 0.3 is 12.1 Å². The zero-order valence-electron chi connectivity index (χ0n) is 11.4. The predicted octanol–water partition coefficient (Wildman–Crippen LogP) is 3.91. The maximum atomic E-state index is 12.4. The Morgan fingerprint density at radius 1 is 0.955 bits per heavy atom. The number of hydrogen-bond donors (Lipinski definition) is 1. The van der Waals surface area contributed by atoms with Gasteiger partial charge in [0.2, 0.25) is 0 Å². The first-order valence-corrected chi connectivity index (χ1v) is 6.44. The second-order valence-electron chi connectivity index (χ2n) is 4.70. The molecule has 0 saturated heterocycles. The lowest BCUT2D eigenvalue weighted by molar-refractivity contribution is -0.138. The summed E-state index contributed by atoms with van der Waals surface area (Å²) >= 11 is 0. The third-order valence-electron chi connectivity index (χ3n) is 2.97. The molecule has 2 aromatic carbocycles. The van der Waals surface area contributed by atoms with Crippen LogP contribution in [0.4, 0.5) is 13.2 Å². The second-order valence-corrected chi connectivity index (χ2v) is 4.70. The molecule has 0 spiro atoms. The lowest BCUT2D eigenvalue weighted by Gasteiger charge is -2.09. The molecule has 0 aliphatic rings. The van der Waals surface area contributed by atoms with Gasteiger partial charge in [0.25, 0.3) is 0 Å². The fourth-order valence-electron chi connectivity index (χ4n) is 1.83. The molecule has 6 heteroatoms. The minimum atomic E-state index is -4.35. The Morgan fingerprint density at radius 3 is 2.00 bits per heavy atom. The van der Waals surface area contributed by atoms with E-state index in [4.69, 9.17) is 9.84 Å². The molecule has 0 aromatic heterocycles. The van der Waals surface area contributed by atoms with Gasteiger partial charge in [0.1, 0.15) is 12.4 Å². The van der Waals surface area contributed by atoms with E-state index in [2.05, 4.69) is 0 Å². The minimum Gasteiger partial charge on any atom is -0.489 e. The van der Waals surface area contributed by atoms with Crippen molar-refractivity contribution < 1.29 is 27.8 Å². The first kappa shape index (κ1) is 15.9. The molecule has 0 fully saturated rings. The van der Waals surface area contributed by atoms with Crippen molar-refractivity contribution in [3.63, 3.8) is 0 Å². The molecular weight excluding hydrogens is 297 g/mol. The summed E-state index contributed by atoms with van der Waals surface area (Å²) in [5.74, 6) is -0.396. The van der Waals surface area contributed by atoms with Crippen LogP contribution in [-0.4, -0.2) is 11.1 Å². The fraction of sp³-hybridized carbons (Fsp3) is 0.188. The van der Waals surface area contributed by atoms with Crippen molar-refractivity contribution in [3.05, 3.63) is 65.2 Å². The predicted molar refractivity (Wildman–Crippen MR) is 73.6 cm³/mol. The zero-order chi connectivity index (χ0) is 16.2. The van der Waals surface area contributed by atoms with Crippen LogP contribution in [0.25, 0.3) is 0 Å². The summed E-state index contributed by atoms with van der Waals surface area (Å²) in [7, 11) is 0. The van der Waals surface area contributed by atoms with Gasteiger partial charge in [-0.15, -0.1) is 0 Å². The Labute approximate surface area is 125 Å². The lowest BCUT2D eigenvalue weighted by Crippen LogP contribution is -2.05. The van der Waals surface area contributed by atoms with E-state index >= 15 is 0 Å². The van der Waals surface area contributed by atoms with Crippen LogP contribution in [0.3, 0.4) is 0 Å². The van der Waals surface area contributed by atoms with E-state index in [1.54, 1.807) is 24.3 Å². The number of benzene rings is 2. The molecule has 1 N–H and O–H groups in total. The molecule has 0 aliphatic heterocycles. The number of carboxylic acids is 1. The molecule has 0 atom stereocenters. The summed E-state index contributed by atoms with van der Waals surface area (Å²) in [5, 5.41) is 8.66. The van der Waals surface area contributed by atoms with Crippen molar-refractivity contribution in [2.45, 2.75) is 19.2 Å². The van der Waals surface area contributed by atoms with Gasteiger partial charge in [-0.05, 0) is 35.4 Å². The van der Waals surface area contributed by atoms with Gasteiger partial charge in [0.05, 0.1) is 12.0 Å². The highest BCUT2D eigenvalue weighted by Gasteiger charge is 2.29. The van der Waals surface area contributed by atoms with Crippen LogP contribution in [-0.2, 0) is 24.0 Å². The van der Waals surface area contributed by atoms with Gasteiger partial charge in [-0.3, -0.25) is 4.79 Å². The van der Waals surface area contributed by atoms with Crippen LogP contribution < -0.4 is 4.74 Å². The molecule has 22 heavy (non-hydrogen) atoms. The number of halogens is 3. The monoisotopic (exact) mass is 310 g/mol. The van der Waals surface area contributed by atoms with Crippen molar-refractivity contribution in [2.75, 3.05) is 0 Å². The van der Waals surface area contributed by atoms with Crippen molar-refractivity contribution in [1.29, 1.82) is 0 Å². The number of ether oxygens (including phenoxy) is 1. The van der Waals surface area contributed by atoms with Gasteiger partial charge in [-0.2, -0.15) is 13.2 Å². The highest BCUT2D eigenvalue weighted by atomic mass is 19.4. The number of alkyl halides is 3. The number of carboxylic acid groups (broad SMARTS) is 1. The SMILES string of the molecule is O=C(O)Cc1ccc(OCc2ccc(C(F)(F)F)cc2)cc1. The molecule has 0 saturated carbocycles. The van der Waals surface area contributed by atoms with E-state index in [9.17, 15) is 18.0 Å². The fourth-order valence-corrected chi connectivity index (χ4v) is 1.83. The third kappa shape index (κ3) is 4.51. The summed E-state index contributed by atoms with van der Waals surface area (Å²) < 4.78 is 42.7.